The number of hydrogen-bond donors (Lipinski definition) is 1. The van der Waals surface area contributed by atoms with E-state index >= 15 is 0 Å². The van der Waals surface area contributed by atoms with Crippen molar-refractivity contribution in [3.8, 4) is 0 Å². The van der Waals surface area contributed by atoms with Gasteiger partial charge in [-0.15, -0.1) is 5.10 Å². The fourth-order valence-corrected chi connectivity index (χ4v) is 2.74. The highest BCUT2D eigenvalue weighted by molar-refractivity contribution is 5.07. The van der Waals surface area contributed by atoms with Crippen molar-refractivity contribution < 1.29 is 0 Å². The molecule has 1 saturated heterocycles. The van der Waals surface area contributed by atoms with Crippen molar-refractivity contribution in [3.05, 3.63) is 11.9 Å². The molecule has 2 aliphatic rings. The molecule has 0 aromatic carbocycles. The molecule has 0 radical (unpaired) electrons. The first-order valence-corrected chi connectivity index (χ1v) is 6.52. The molecule has 16 heavy (non-hydrogen) atoms. The number of nitrogens with zero attached hydrogens (tertiary/aromatic N) is 3. The van der Waals surface area contributed by atoms with E-state index in [1.807, 2.05) is 6.20 Å². The van der Waals surface area contributed by atoms with E-state index in [4.69, 9.17) is 0 Å². The number of hydrogen-bond acceptors (Lipinski definition) is 3. The zero-order chi connectivity index (χ0) is 10.8. The molecular formula is C12H20N4. The number of aromatic nitrogens is 3. The maximum absolute atomic E-state index is 4.26. The normalized spacial score (nSPS) is 23.2. The zero-order valence-corrected chi connectivity index (χ0v) is 9.73. The Kier molecular flexibility index (Phi) is 2.91. The monoisotopic (exact) mass is 220 g/mol. The van der Waals surface area contributed by atoms with Gasteiger partial charge >= 0.3 is 0 Å². The van der Waals surface area contributed by atoms with E-state index in [1.165, 1.54) is 37.8 Å². The molecule has 4 nitrogen and oxygen atoms in total. The molecule has 0 bridgehead atoms. The minimum atomic E-state index is 0.747. The topological polar surface area (TPSA) is 42.7 Å². The van der Waals surface area contributed by atoms with Crippen molar-refractivity contribution in [2.24, 2.45) is 5.92 Å². The zero-order valence-electron chi connectivity index (χ0n) is 9.73. The smallest absolute Gasteiger partial charge is 0.0728 e. The Hall–Kier alpha value is -0.900. The lowest BCUT2D eigenvalue weighted by Crippen LogP contribution is -2.30. The van der Waals surface area contributed by atoms with Crippen LogP contribution in [-0.4, -0.2) is 28.1 Å². The van der Waals surface area contributed by atoms with Crippen LogP contribution in [0, 0.1) is 5.92 Å². The van der Waals surface area contributed by atoms with Crippen LogP contribution in [0.5, 0.6) is 0 Å². The van der Waals surface area contributed by atoms with Crippen LogP contribution >= 0.6 is 0 Å². The van der Waals surface area contributed by atoms with Gasteiger partial charge in [-0.1, -0.05) is 11.6 Å². The minimum absolute atomic E-state index is 0.747. The third-order valence-electron chi connectivity index (χ3n) is 4.06. The van der Waals surface area contributed by atoms with Crippen molar-refractivity contribution in [1.82, 2.24) is 20.3 Å². The lowest BCUT2D eigenvalue weighted by molar-refractivity contribution is 0.301. The standard InChI is InChI=1S/C12H20N4/c1-2-11(3-1)12-8-14-15-16(12)9-10-4-6-13-7-5-10/h8,10-11,13H,1-7,9H2. The predicted octanol–water partition coefficient (Wildman–Crippen LogP) is 1.55. The van der Waals surface area contributed by atoms with Crippen molar-refractivity contribution >= 4 is 0 Å². The second-order valence-corrected chi connectivity index (χ2v) is 5.16. The summed E-state index contributed by atoms with van der Waals surface area (Å²) in [5.74, 6) is 1.54. The minimum Gasteiger partial charge on any atom is -0.317 e. The van der Waals surface area contributed by atoms with Gasteiger partial charge in [0.05, 0.1) is 11.9 Å². The Bertz CT molecular complexity index is 337. The van der Waals surface area contributed by atoms with E-state index in [9.17, 15) is 0 Å². The van der Waals surface area contributed by atoms with Crippen LogP contribution in [-0.2, 0) is 6.54 Å². The van der Waals surface area contributed by atoms with Gasteiger partial charge in [0.2, 0.25) is 0 Å². The quantitative estimate of drug-likeness (QED) is 0.840. The van der Waals surface area contributed by atoms with Crippen molar-refractivity contribution in [2.75, 3.05) is 13.1 Å². The molecule has 88 valence electrons. The number of piperidine rings is 1. The van der Waals surface area contributed by atoms with Crippen molar-refractivity contribution in [1.29, 1.82) is 0 Å². The van der Waals surface area contributed by atoms with Gasteiger partial charge in [0.25, 0.3) is 0 Å². The Balaban J connectivity index is 1.66. The van der Waals surface area contributed by atoms with Gasteiger partial charge in [-0.3, -0.25) is 0 Å². The van der Waals surface area contributed by atoms with E-state index < -0.39 is 0 Å². The van der Waals surface area contributed by atoms with Gasteiger partial charge < -0.3 is 5.32 Å². The van der Waals surface area contributed by atoms with E-state index in [0.29, 0.717) is 0 Å². The van der Waals surface area contributed by atoms with Gasteiger partial charge in [0, 0.05) is 12.5 Å². The lowest BCUT2D eigenvalue weighted by atomic mass is 9.83. The molecule has 3 rings (SSSR count). The molecular weight excluding hydrogens is 200 g/mol. The number of rotatable bonds is 3. The average Bonchev–Trinajstić information content (AvgIpc) is 2.66. The van der Waals surface area contributed by atoms with Crippen LogP contribution in [0.1, 0.15) is 43.7 Å². The molecule has 0 atom stereocenters. The maximum Gasteiger partial charge on any atom is 0.0728 e. The lowest BCUT2D eigenvalue weighted by Gasteiger charge is -2.27. The van der Waals surface area contributed by atoms with E-state index in [0.717, 1.165) is 31.5 Å². The Labute approximate surface area is 96.4 Å². The summed E-state index contributed by atoms with van der Waals surface area (Å²) in [7, 11) is 0. The third-order valence-corrected chi connectivity index (χ3v) is 4.06. The first-order chi connectivity index (χ1) is 7.93. The van der Waals surface area contributed by atoms with Crippen LogP contribution in [0.25, 0.3) is 0 Å². The highest BCUT2D eigenvalue weighted by Crippen LogP contribution is 2.36. The largest absolute Gasteiger partial charge is 0.317 e. The molecule has 1 aliphatic heterocycles. The molecule has 1 aliphatic carbocycles. The van der Waals surface area contributed by atoms with Gasteiger partial charge in [-0.2, -0.15) is 0 Å². The summed E-state index contributed by atoms with van der Waals surface area (Å²) in [6.07, 6.45) is 8.58. The summed E-state index contributed by atoms with van der Waals surface area (Å²) in [5.41, 5.74) is 1.38. The second-order valence-electron chi connectivity index (χ2n) is 5.16. The fourth-order valence-electron chi connectivity index (χ4n) is 2.74. The van der Waals surface area contributed by atoms with E-state index in [1.54, 1.807) is 0 Å². The predicted molar refractivity (Wildman–Crippen MR) is 62.2 cm³/mol. The maximum atomic E-state index is 4.26. The van der Waals surface area contributed by atoms with Gasteiger partial charge in [0.15, 0.2) is 0 Å². The highest BCUT2D eigenvalue weighted by Gasteiger charge is 2.24. The van der Waals surface area contributed by atoms with Gasteiger partial charge in [-0.25, -0.2) is 4.68 Å². The average molecular weight is 220 g/mol. The molecule has 0 amide bonds. The van der Waals surface area contributed by atoms with Crippen LogP contribution in [0.4, 0.5) is 0 Å². The third kappa shape index (κ3) is 1.98. The molecule has 0 spiro atoms. The Morgan fingerprint density at radius 3 is 2.75 bits per heavy atom. The summed E-state index contributed by atoms with van der Waals surface area (Å²) in [5, 5.41) is 11.8. The molecule has 4 heteroatoms. The number of nitrogens with one attached hydrogen (secondary N) is 1. The fraction of sp³-hybridized carbons (Fsp3) is 0.833. The van der Waals surface area contributed by atoms with E-state index in [2.05, 4.69) is 20.3 Å². The first-order valence-electron chi connectivity index (χ1n) is 6.52. The van der Waals surface area contributed by atoms with Crippen LogP contribution in [0.15, 0.2) is 6.20 Å². The molecule has 1 N–H and O–H groups in total. The first kappa shape index (κ1) is 10.3. The van der Waals surface area contributed by atoms with Crippen molar-refractivity contribution in [3.63, 3.8) is 0 Å². The van der Waals surface area contributed by atoms with Crippen LogP contribution in [0.3, 0.4) is 0 Å². The summed E-state index contributed by atoms with van der Waals surface area (Å²) >= 11 is 0. The van der Waals surface area contributed by atoms with Crippen LogP contribution in [0.2, 0.25) is 0 Å². The summed E-state index contributed by atoms with van der Waals surface area (Å²) < 4.78 is 2.17. The Morgan fingerprint density at radius 1 is 1.25 bits per heavy atom. The molecule has 1 saturated carbocycles. The molecule has 0 unspecified atom stereocenters. The summed E-state index contributed by atoms with van der Waals surface area (Å²) in [6, 6.07) is 0. The van der Waals surface area contributed by atoms with Gasteiger partial charge in [0.1, 0.15) is 0 Å². The summed E-state index contributed by atoms with van der Waals surface area (Å²) in [4.78, 5) is 0. The SMILES string of the molecule is c1nnn(CC2CCNCC2)c1C1CCC1. The second kappa shape index (κ2) is 4.53. The van der Waals surface area contributed by atoms with Crippen molar-refractivity contribution in [2.45, 2.75) is 44.6 Å². The molecule has 2 fully saturated rings. The Morgan fingerprint density at radius 2 is 2.06 bits per heavy atom. The molecule has 2 heterocycles. The van der Waals surface area contributed by atoms with Gasteiger partial charge in [-0.05, 0) is 44.7 Å². The summed E-state index contributed by atoms with van der Waals surface area (Å²) in [6.45, 7) is 3.41. The molecule has 1 aromatic heterocycles. The highest BCUT2D eigenvalue weighted by atomic mass is 15.4. The van der Waals surface area contributed by atoms with E-state index in [-0.39, 0.29) is 0 Å². The molecule has 1 aromatic rings. The van der Waals surface area contributed by atoms with Crippen LogP contribution < -0.4 is 5.32 Å².